The van der Waals surface area contributed by atoms with E-state index < -0.39 is 17.7 Å². The van der Waals surface area contributed by atoms with Gasteiger partial charge in [-0.05, 0) is 41.8 Å². The molecule has 1 atom stereocenters. The molecular formula is C23H24F3NO3. The van der Waals surface area contributed by atoms with Crippen LogP contribution < -0.4 is 5.32 Å². The normalized spacial score (nSPS) is 12.2. The van der Waals surface area contributed by atoms with Gasteiger partial charge in [0.25, 0.3) is 0 Å². The molecule has 0 aromatic heterocycles. The lowest BCUT2D eigenvalue weighted by molar-refractivity contribution is -0.137. The number of benzene rings is 3. The molecule has 3 aromatic carbocycles. The summed E-state index contributed by atoms with van der Waals surface area (Å²) in [5.74, 6) is -0.878. The average Bonchev–Trinajstić information content (AvgIpc) is 2.72. The fraction of sp³-hybridized carbons (Fsp3) is 0.261. The summed E-state index contributed by atoms with van der Waals surface area (Å²) in [6, 6.07) is 18.1. The van der Waals surface area contributed by atoms with E-state index >= 15 is 0 Å². The molecule has 0 aliphatic carbocycles. The van der Waals surface area contributed by atoms with Crippen LogP contribution >= 0.6 is 0 Å². The lowest BCUT2D eigenvalue weighted by Gasteiger charge is -2.14. The molecular weight excluding hydrogens is 395 g/mol. The molecule has 1 unspecified atom stereocenters. The number of alkyl halides is 3. The highest BCUT2D eigenvalue weighted by molar-refractivity contribution is 6.03. The van der Waals surface area contributed by atoms with Crippen molar-refractivity contribution in [2.75, 3.05) is 13.2 Å². The van der Waals surface area contributed by atoms with E-state index in [9.17, 15) is 18.0 Å². The summed E-state index contributed by atoms with van der Waals surface area (Å²) in [5.41, 5.74) is 0.375. The van der Waals surface area contributed by atoms with E-state index in [1.807, 2.05) is 37.3 Å². The number of rotatable bonds is 6. The molecule has 0 amide bonds. The van der Waals surface area contributed by atoms with Crippen molar-refractivity contribution in [3.63, 3.8) is 0 Å². The second-order valence-electron chi connectivity index (χ2n) is 6.81. The fourth-order valence-electron chi connectivity index (χ4n) is 3.02. The Hall–Kier alpha value is -2.90. The lowest BCUT2D eigenvalue weighted by atomic mass is 10.0. The maximum Gasteiger partial charge on any atom is 0.416 e. The standard InChI is InChI=1S/C12H16F3NO.C11H8O2/c1-9(16-5-6-17)7-10-3-2-4-11(8-10)12(13,14)15;12-11(13)10-7-3-5-8-4-1-2-6-9(8)10/h2-4,8-9,16-17H,5-7H2,1H3;1-7H,(H,12,13). The second-order valence-corrected chi connectivity index (χ2v) is 6.81. The molecule has 0 saturated heterocycles. The van der Waals surface area contributed by atoms with Gasteiger partial charge in [-0.3, -0.25) is 0 Å². The molecule has 0 aliphatic heterocycles. The van der Waals surface area contributed by atoms with Crippen LogP contribution in [0.1, 0.15) is 28.4 Å². The minimum Gasteiger partial charge on any atom is -0.478 e. The van der Waals surface area contributed by atoms with E-state index in [-0.39, 0.29) is 12.6 Å². The van der Waals surface area contributed by atoms with Crippen LogP contribution in [0.3, 0.4) is 0 Å². The summed E-state index contributed by atoms with van der Waals surface area (Å²) in [6.07, 6.45) is -3.79. The highest BCUT2D eigenvalue weighted by atomic mass is 19.4. The van der Waals surface area contributed by atoms with Crippen molar-refractivity contribution < 1.29 is 28.2 Å². The largest absolute Gasteiger partial charge is 0.478 e. The van der Waals surface area contributed by atoms with Crippen molar-refractivity contribution in [1.29, 1.82) is 0 Å². The number of nitrogens with one attached hydrogen (secondary N) is 1. The number of aliphatic hydroxyl groups excluding tert-OH is 1. The number of aromatic carboxylic acids is 1. The maximum atomic E-state index is 12.5. The Morgan fingerprint density at radius 2 is 1.70 bits per heavy atom. The van der Waals surface area contributed by atoms with Crippen molar-refractivity contribution in [3.05, 3.63) is 83.4 Å². The first kappa shape index (κ1) is 23.4. The molecule has 4 nitrogen and oxygen atoms in total. The Balaban J connectivity index is 0.000000220. The summed E-state index contributed by atoms with van der Waals surface area (Å²) in [5, 5.41) is 22.3. The second kappa shape index (κ2) is 10.8. The van der Waals surface area contributed by atoms with Gasteiger partial charge in [-0.25, -0.2) is 4.79 Å². The monoisotopic (exact) mass is 419 g/mol. The average molecular weight is 419 g/mol. The molecule has 0 aliphatic rings. The summed E-state index contributed by atoms with van der Waals surface area (Å²) in [6.45, 7) is 2.34. The number of fused-ring (bicyclic) bond motifs is 1. The molecule has 3 aromatic rings. The summed E-state index contributed by atoms with van der Waals surface area (Å²) >= 11 is 0. The molecule has 160 valence electrons. The van der Waals surface area contributed by atoms with Crippen LogP contribution in [0, 0.1) is 0 Å². The Kier molecular flexibility index (Phi) is 8.38. The van der Waals surface area contributed by atoms with Crippen molar-refractivity contribution in [2.45, 2.75) is 25.6 Å². The van der Waals surface area contributed by atoms with Crippen LogP contribution in [-0.2, 0) is 12.6 Å². The summed E-state index contributed by atoms with van der Waals surface area (Å²) < 4.78 is 37.4. The van der Waals surface area contributed by atoms with Gasteiger partial charge in [0.05, 0.1) is 17.7 Å². The van der Waals surface area contributed by atoms with Crippen molar-refractivity contribution in [2.24, 2.45) is 0 Å². The van der Waals surface area contributed by atoms with Crippen LogP contribution in [0.5, 0.6) is 0 Å². The number of hydrogen-bond acceptors (Lipinski definition) is 3. The number of carboxylic acids is 1. The summed E-state index contributed by atoms with van der Waals surface area (Å²) in [7, 11) is 0. The topological polar surface area (TPSA) is 69.6 Å². The van der Waals surface area contributed by atoms with Crippen LogP contribution in [0.2, 0.25) is 0 Å². The molecule has 3 N–H and O–H groups in total. The third-order valence-corrected chi connectivity index (χ3v) is 4.42. The minimum atomic E-state index is -4.29. The van der Waals surface area contributed by atoms with Gasteiger partial charge >= 0.3 is 12.1 Å². The number of hydrogen-bond donors (Lipinski definition) is 3. The number of carboxylic acid groups (broad SMARTS) is 1. The molecule has 0 saturated carbocycles. The Morgan fingerprint density at radius 3 is 2.37 bits per heavy atom. The zero-order valence-electron chi connectivity index (χ0n) is 16.5. The quantitative estimate of drug-likeness (QED) is 0.539. The Morgan fingerprint density at radius 1 is 1.03 bits per heavy atom. The number of carbonyl (C=O) groups is 1. The van der Waals surface area contributed by atoms with Gasteiger partial charge in [-0.1, -0.05) is 54.6 Å². The maximum absolute atomic E-state index is 12.5. The third-order valence-electron chi connectivity index (χ3n) is 4.42. The predicted octanol–water partition coefficient (Wildman–Crippen LogP) is 4.76. The van der Waals surface area contributed by atoms with Crippen LogP contribution in [0.25, 0.3) is 10.8 Å². The third kappa shape index (κ3) is 6.86. The van der Waals surface area contributed by atoms with Crippen molar-refractivity contribution in [3.8, 4) is 0 Å². The first-order valence-electron chi connectivity index (χ1n) is 9.44. The SMILES string of the molecule is CC(Cc1cccc(C(F)(F)F)c1)NCCO.O=C(O)c1cccc2ccccc12. The lowest BCUT2D eigenvalue weighted by Crippen LogP contribution is -2.30. The van der Waals surface area contributed by atoms with Gasteiger partial charge in [-0.2, -0.15) is 13.2 Å². The number of halogens is 3. The van der Waals surface area contributed by atoms with Crippen LogP contribution in [-0.4, -0.2) is 35.4 Å². The first-order valence-corrected chi connectivity index (χ1v) is 9.44. The zero-order chi connectivity index (χ0) is 22.1. The molecule has 0 heterocycles. The van der Waals surface area contributed by atoms with Gasteiger partial charge in [-0.15, -0.1) is 0 Å². The van der Waals surface area contributed by atoms with Gasteiger partial charge in [0, 0.05) is 12.6 Å². The van der Waals surface area contributed by atoms with Gasteiger partial charge in [0.2, 0.25) is 0 Å². The van der Waals surface area contributed by atoms with E-state index in [0.717, 1.165) is 22.9 Å². The highest BCUT2D eigenvalue weighted by Gasteiger charge is 2.30. The highest BCUT2D eigenvalue weighted by Crippen LogP contribution is 2.29. The Labute approximate surface area is 173 Å². The van der Waals surface area contributed by atoms with E-state index in [1.54, 1.807) is 18.2 Å². The van der Waals surface area contributed by atoms with E-state index in [0.29, 0.717) is 24.1 Å². The molecule has 0 spiro atoms. The zero-order valence-corrected chi connectivity index (χ0v) is 16.5. The molecule has 30 heavy (non-hydrogen) atoms. The molecule has 0 bridgehead atoms. The molecule has 3 rings (SSSR count). The molecule has 0 radical (unpaired) electrons. The van der Waals surface area contributed by atoms with E-state index in [4.69, 9.17) is 10.2 Å². The van der Waals surface area contributed by atoms with Crippen molar-refractivity contribution in [1.82, 2.24) is 5.32 Å². The van der Waals surface area contributed by atoms with Crippen LogP contribution in [0.4, 0.5) is 13.2 Å². The van der Waals surface area contributed by atoms with E-state index in [1.165, 1.54) is 6.07 Å². The van der Waals surface area contributed by atoms with Crippen molar-refractivity contribution >= 4 is 16.7 Å². The van der Waals surface area contributed by atoms with Crippen LogP contribution in [0.15, 0.2) is 66.7 Å². The predicted molar refractivity (Wildman–Crippen MR) is 111 cm³/mol. The fourth-order valence-corrected chi connectivity index (χ4v) is 3.02. The Bertz CT molecular complexity index is 968. The van der Waals surface area contributed by atoms with E-state index in [2.05, 4.69) is 5.32 Å². The molecule has 7 heteroatoms. The first-order chi connectivity index (χ1) is 14.2. The van der Waals surface area contributed by atoms with Gasteiger partial charge in [0.15, 0.2) is 0 Å². The minimum absolute atomic E-state index is 0.0208. The molecule has 0 fully saturated rings. The summed E-state index contributed by atoms with van der Waals surface area (Å²) in [4.78, 5) is 10.8. The smallest absolute Gasteiger partial charge is 0.416 e. The van der Waals surface area contributed by atoms with Gasteiger partial charge in [0.1, 0.15) is 0 Å². The number of aliphatic hydroxyl groups is 1. The van der Waals surface area contributed by atoms with Gasteiger partial charge < -0.3 is 15.5 Å².